The first-order valence-electron chi connectivity index (χ1n) is 6.34. The Balaban J connectivity index is 4.27. The second kappa shape index (κ2) is 7.94. The number of hydrogen-bond donors (Lipinski definition) is 1. The number of carbonyl (C=O) groups is 1. The molecule has 0 atom stereocenters. The topological polar surface area (TPSA) is 29.1 Å². The standard InChI is InChI=1S/C13H26ClNO/c1-5-7-11(8-6-2)12(16)15-13(3,4)9-10-14/h11H,5-10H2,1-4H3,(H,15,16). The van der Waals surface area contributed by atoms with Crippen molar-refractivity contribution in [3.05, 3.63) is 0 Å². The van der Waals surface area contributed by atoms with Gasteiger partial charge in [0.1, 0.15) is 0 Å². The maximum absolute atomic E-state index is 12.1. The van der Waals surface area contributed by atoms with E-state index in [1.165, 1.54) is 0 Å². The number of amides is 1. The van der Waals surface area contributed by atoms with Crippen LogP contribution in [0.4, 0.5) is 0 Å². The van der Waals surface area contributed by atoms with Gasteiger partial charge in [-0.1, -0.05) is 26.7 Å². The van der Waals surface area contributed by atoms with Gasteiger partial charge in [0.05, 0.1) is 0 Å². The number of nitrogens with one attached hydrogen (secondary N) is 1. The molecule has 0 spiro atoms. The highest BCUT2D eigenvalue weighted by Crippen LogP contribution is 2.17. The van der Waals surface area contributed by atoms with Crippen molar-refractivity contribution in [1.29, 1.82) is 0 Å². The van der Waals surface area contributed by atoms with Crippen LogP contribution in [0.15, 0.2) is 0 Å². The molecule has 0 radical (unpaired) electrons. The Morgan fingerprint density at radius 3 is 2.12 bits per heavy atom. The average Bonchev–Trinajstić information content (AvgIpc) is 2.16. The van der Waals surface area contributed by atoms with Gasteiger partial charge in [0.2, 0.25) is 5.91 Å². The van der Waals surface area contributed by atoms with Gasteiger partial charge in [0.15, 0.2) is 0 Å². The number of rotatable bonds is 8. The maximum atomic E-state index is 12.1. The lowest BCUT2D eigenvalue weighted by Gasteiger charge is -2.28. The lowest BCUT2D eigenvalue weighted by Crippen LogP contribution is -2.46. The molecule has 0 heterocycles. The molecule has 0 aromatic rings. The number of hydrogen-bond acceptors (Lipinski definition) is 1. The molecule has 0 saturated heterocycles. The summed E-state index contributed by atoms with van der Waals surface area (Å²) >= 11 is 5.72. The van der Waals surface area contributed by atoms with E-state index in [1.54, 1.807) is 0 Å². The van der Waals surface area contributed by atoms with Crippen molar-refractivity contribution < 1.29 is 4.79 Å². The summed E-state index contributed by atoms with van der Waals surface area (Å²) in [6, 6.07) is 0. The molecule has 16 heavy (non-hydrogen) atoms. The van der Waals surface area contributed by atoms with Gasteiger partial charge in [-0.2, -0.15) is 0 Å². The lowest BCUT2D eigenvalue weighted by atomic mass is 9.94. The second-order valence-electron chi connectivity index (χ2n) is 5.09. The van der Waals surface area contributed by atoms with Gasteiger partial charge >= 0.3 is 0 Å². The number of halogens is 1. The lowest BCUT2D eigenvalue weighted by molar-refractivity contribution is -0.127. The molecule has 0 fully saturated rings. The Kier molecular flexibility index (Phi) is 7.82. The summed E-state index contributed by atoms with van der Waals surface area (Å²) in [4.78, 5) is 12.1. The predicted octanol–water partition coefficient (Wildman–Crippen LogP) is 3.73. The fraction of sp³-hybridized carbons (Fsp3) is 0.923. The molecule has 0 aliphatic rings. The van der Waals surface area contributed by atoms with Gasteiger partial charge in [-0.15, -0.1) is 11.6 Å². The highest BCUT2D eigenvalue weighted by molar-refractivity contribution is 6.17. The molecule has 0 aromatic carbocycles. The van der Waals surface area contributed by atoms with Crippen molar-refractivity contribution in [3.63, 3.8) is 0 Å². The van der Waals surface area contributed by atoms with Gasteiger partial charge in [-0.25, -0.2) is 0 Å². The largest absolute Gasteiger partial charge is 0.351 e. The Labute approximate surface area is 105 Å². The van der Waals surface area contributed by atoms with E-state index in [1.807, 2.05) is 13.8 Å². The first-order valence-corrected chi connectivity index (χ1v) is 6.88. The van der Waals surface area contributed by atoms with Crippen LogP contribution in [0, 0.1) is 5.92 Å². The van der Waals surface area contributed by atoms with Crippen LogP contribution < -0.4 is 5.32 Å². The summed E-state index contributed by atoms with van der Waals surface area (Å²) < 4.78 is 0. The van der Waals surface area contributed by atoms with E-state index < -0.39 is 0 Å². The van der Waals surface area contributed by atoms with Gasteiger partial charge in [0.25, 0.3) is 0 Å². The zero-order chi connectivity index (χ0) is 12.6. The van der Waals surface area contributed by atoms with Crippen LogP contribution in [0.25, 0.3) is 0 Å². The first kappa shape index (κ1) is 15.8. The molecule has 96 valence electrons. The third-order valence-electron chi connectivity index (χ3n) is 2.83. The fourth-order valence-corrected chi connectivity index (χ4v) is 2.31. The monoisotopic (exact) mass is 247 g/mol. The number of alkyl halides is 1. The summed E-state index contributed by atoms with van der Waals surface area (Å²) in [5.74, 6) is 0.947. The van der Waals surface area contributed by atoms with E-state index in [9.17, 15) is 4.79 Å². The minimum Gasteiger partial charge on any atom is -0.351 e. The van der Waals surface area contributed by atoms with E-state index in [2.05, 4.69) is 19.2 Å². The third kappa shape index (κ3) is 6.37. The predicted molar refractivity (Wildman–Crippen MR) is 70.9 cm³/mol. The van der Waals surface area contributed by atoms with E-state index in [4.69, 9.17) is 11.6 Å². The molecular formula is C13H26ClNO. The zero-order valence-electron chi connectivity index (χ0n) is 11.1. The fourth-order valence-electron chi connectivity index (χ4n) is 1.84. The van der Waals surface area contributed by atoms with E-state index in [0.717, 1.165) is 32.1 Å². The van der Waals surface area contributed by atoms with Gasteiger partial charge in [0, 0.05) is 17.3 Å². The maximum Gasteiger partial charge on any atom is 0.223 e. The molecule has 1 N–H and O–H groups in total. The Hall–Kier alpha value is -0.240. The highest BCUT2D eigenvalue weighted by Gasteiger charge is 2.24. The van der Waals surface area contributed by atoms with Crippen LogP contribution >= 0.6 is 11.6 Å². The Bertz CT molecular complexity index is 198. The van der Waals surface area contributed by atoms with Crippen molar-refractivity contribution >= 4 is 17.5 Å². The van der Waals surface area contributed by atoms with Crippen LogP contribution in [-0.4, -0.2) is 17.3 Å². The van der Waals surface area contributed by atoms with E-state index in [-0.39, 0.29) is 17.4 Å². The smallest absolute Gasteiger partial charge is 0.223 e. The summed E-state index contributed by atoms with van der Waals surface area (Å²) in [6.07, 6.45) is 4.90. The molecule has 0 saturated carbocycles. The van der Waals surface area contributed by atoms with Crippen LogP contribution in [0.1, 0.15) is 59.8 Å². The molecule has 0 bridgehead atoms. The Morgan fingerprint density at radius 1 is 1.25 bits per heavy atom. The van der Waals surface area contributed by atoms with Crippen molar-refractivity contribution in [1.82, 2.24) is 5.32 Å². The summed E-state index contributed by atoms with van der Waals surface area (Å²) in [5, 5.41) is 3.10. The minimum absolute atomic E-state index is 0.171. The summed E-state index contributed by atoms with van der Waals surface area (Å²) in [5.41, 5.74) is -0.182. The zero-order valence-corrected chi connectivity index (χ0v) is 11.9. The van der Waals surface area contributed by atoms with Crippen molar-refractivity contribution in [2.45, 2.75) is 65.3 Å². The third-order valence-corrected chi connectivity index (χ3v) is 3.02. The SMILES string of the molecule is CCCC(CCC)C(=O)NC(C)(C)CCCl. The normalized spacial score (nSPS) is 11.9. The quantitative estimate of drug-likeness (QED) is 0.651. The highest BCUT2D eigenvalue weighted by atomic mass is 35.5. The van der Waals surface area contributed by atoms with Crippen molar-refractivity contribution in [2.24, 2.45) is 5.92 Å². The molecule has 1 amide bonds. The minimum atomic E-state index is -0.182. The molecule has 0 aliphatic carbocycles. The summed E-state index contributed by atoms with van der Waals surface area (Å²) in [7, 11) is 0. The molecule has 2 nitrogen and oxygen atoms in total. The molecule has 0 aromatic heterocycles. The number of carbonyl (C=O) groups excluding carboxylic acids is 1. The van der Waals surface area contributed by atoms with Crippen LogP contribution in [0.2, 0.25) is 0 Å². The van der Waals surface area contributed by atoms with Gasteiger partial charge in [-0.3, -0.25) is 4.79 Å². The van der Waals surface area contributed by atoms with Crippen LogP contribution in [0.5, 0.6) is 0 Å². The summed E-state index contributed by atoms with van der Waals surface area (Å²) in [6.45, 7) is 8.31. The molecule has 0 unspecified atom stereocenters. The molecule has 0 aliphatic heterocycles. The first-order chi connectivity index (χ1) is 7.46. The average molecular weight is 248 g/mol. The Morgan fingerprint density at radius 2 is 1.75 bits per heavy atom. The van der Waals surface area contributed by atoms with E-state index >= 15 is 0 Å². The van der Waals surface area contributed by atoms with Crippen molar-refractivity contribution in [3.8, 4) is 0 Å². The van der Waals surface area contributed by atoms with Crippen LogP contribution in [-0.2, 0) is 4.79 Å². The van der Waals surface area contributed by atoms with Crippen LogP contribution in [0.3, 0.4) is 0 Å². The molecule has 3 heteroatoms. The molecular weight excluding hydrogens is 222 g/mol. The van der Waals surface area contributed by atoms with E-state index in [0.29, 0.717) is 5.88 Å². The van der Waals surface area contributed by atoms with Crippen molar-refractivity contribution in [2.75, 3.05) is 5.88 Å². The second-order valence-corrected chi connectivity index (χ2v) is 5.46. The molecule has 0 rings (SSSR count). The van der Waals surface area contributed by atoms with Gasteiger partial charge < -0.3 is 5.32 Å². The van der Waals surface area contributed by atoms with Gasteiger partial charge in [-0.05, 0) is 33.1 Å².